The highest BCUT2D eigenvalue weighted by Crippen LogP contribution is 2.57. The maximum atomic E-state index is 13.7. The maximum Gasteiger partial charge on any atom is 0.317 e. The van der Waals surface area contributed by atoms with E-state index >= 15 is 0 Å². The van der Waals surface area contributed by atoms with Crippen molar-refractivity contribution in [3.8, 4) is 11.8 Å². The van der Waals surface area contributed by atoms with Crippen molar-refractivity contribution in [2.75, 3.05) is 26.7 Å². The number of hydrogen-bond acceptors (Lipinski definition) is 5. The van der Waals surface area contributed by atoms with Gasteiger partial charge in [-0.1, -0.05) is 45.4 Å². The lowest BCUT2D eigenvalue weighted by Gasteiger charge is -2.65. The highest BCUT2D eigenvalue weighted by atomic mass is 35.5. The van der Waals surface area contributed by atoms with Gasteiger partial charge in [0.05, 0.1) is 17.1 Å². The molecule has 0 unspecified atom stereocenters. The lowest BCUT2D eigenvalue weighted by molar-refractivity contribution is -0.195. The first-order valence-corrected chi connectivity index (χ1v) is 12.9. The van der Waals surface area contributed by atoms with Crippen molar-refractivity contribution in [1.29, 1.82) is 5.26 Å². The van der Waals surface area contributed by atoms with Crippen LogP contribution in [0.3, 0.4) is 0 Å². The number of nitrogens with zero attached hydrogens (tertiary/aromatic N) is 3. The largest absolute Gasteiger partial charge is 0.489 e. The molecular weight excluding hydrogens is 490 g/mol. The Morgan fingerprint density at radius 1 is 1.11 bits per heavy atom. The molecule has 0 aromatic heterocycles. The van der Waals surface area contributed by atoms with E-state index in [0.717, 1.165) is 18.4 Å². The molecule has 8 heteroatoms. The van der Waals surface area contributed by atoms with Crippen LogP contribution < -0.4 is 4.74 Å². The molecule has 196 valence electrons. The van der Waals surface area contributed by atoms with Crippen LogP contribution in [0.4, 0.5) is 0 Å². The third-order valence-corrected chi connectivity index (χ3v) is 8.30. The molecule has 2 aliphatic rings. The summed E-state index contributed by atoms with van der Waals surface area (Å²) < 4.78 is 6.37. The molecular formula is C29H34ClN3O4. The molecule has 37 heavy (non-hydrogen) atoms. The molecule has 1 fully saturated rings. The van der Waals surface area contributed by atoms with Crippen molar-refractivity contribution in [1.82, 2.24) is 9.80 Å². The van der Waals surface area contributed by atoms with E-state index in [1.165, 1.54) is 5.56 Å². The van der Waals surface area contributed by atoms with Crippen LogP contribution in [0.15, 0.2) is 36.4 Å². The van der Waals surface area contributed by atoms with Crippen LogP contribution in [0.1, 0.15) is 54.7 Å². The van der Waals surface area contributed by atoms with Crippen molar-refractivity contribution in [3.05, 3.63) is 63.7 Å². The zero-order valence-electron chi connectivity index (χ0n) is 22.0. The first kappa shape index (κ1) is 27.0. The van der Waals surface area contributed by atoms with Crippen molar-refractivity contribution in [2.45, 2.75) is 52.7 Å². The first-order valence-electron chi connectivity index (χ1n) is 12.6. The average molecular weight is 524 g/mol. The number of carbonyl (C=O) groups is 2. The Balaban J connectivity index is 1.50. The summed E-state index contributed by atoms with van der Waals surface area (Å²) in [7, 11) is 1.85. The van der Waals surface area contributed by atoms with Crippen LogP contribution in [0.5, 0.6) is 5.75 Å². The number of aliphatic carboxylic acids is 1. The van der Waals surface area contributed by atoms with Gasteiger partial charge in [-0.3, -0.25) is 14.5 Å². The van der Waals surface area contributed by atoms with Crippen molar-refractivity contribution in [2.24, 2.45) is 10.8 Å². The van der Waals surface area contributed by atoms with Crippen LogP contribution in [-0.4, -0.2) is 65.6 Å². The molecule has 0 atom stereocenters. The van der Waals surface area contributed by atoms with E-state index in [9.17, 15) is 9.59 Å². The Labute approximate surface area is 223 Å². The van der Waals surface area contributed by atoms with E-state index in [0.29, 0.717) is 35.0 Å². The maximum absolute atomic E-state index is 13.7. The summed E-state index contributed by atoms with van der Waals surface area (Å²) in [5, 5.41) is 18.6. The van der Waals surface area contributed by atoms with E-state index in [4.69, 9.17) is 26.7 Å². The normalized spacial score (nSPS) is 22.1. The monoisotopic (exact) mass is 523 g/mol. The number of halogens is 1. The van der Waals surface area contributed by atoms with E-state index in [1.807, 2.05) is 35.0 Å². The summed E-state index contributed by atoms with van der Waals surface area (Å²) in [6.07, 6.45) is 1.32. The first-order chi connectivity index (χ1) is 17.4. The quantitative estimate of drug-likeness (QED) is 0.592. The zero-order valence-corrected chi connectivity index (χ0v) is 22.8. The third kappa shape index (κ3) is 5.05. The van der Waals surface area contributed by atoms with Crippen LogP contribution in [0.2, 0.25) is 5.02 Å². The summed E-state index contributed by atoms with van der Waals surface area (Å²) in [5.41, 5.74) is 2.65. The molecule has 0 spiro atoms. The summed E-state index contributed by atoms with van der Waals surface area (Å²) in [4.78, 5) is 28.6. The molecule has 1 aliphatic heterocycles. The molecule has 4 rings (SSSR count). The highest BCUT2D eigenvalue weighted by molar-refractivity contribution is 6.31. The summed E-state index contributed by atoms with van der Waals surface area (Å²) in [5.74, 6) is -0.260. The van der Waals surface area contributed by atoms with Crippen LogP contribution in [0.25, 0.3) is 0 Å². The second-order valence-corrected chi connectivity index (χ2v) is 11.8. The van der Waals surface area contributed by atoms with Gasteiger partial charge in [0.25, 0.3) is 5.91 Å². The van der Waals surface area contributed by atoms with Gasteiger partial charge in [0.15, 0.2) is 0 Å². The van der Waals surface area contributed by atoms with Crippen LogP contribution in [-0.2, 0) is 17.6 Å². The van der Waals surface area contributed by atoms with Crippen molar-refractivity contribution >= 4 is 23.5 Å². The van der Waals surface area contributed by atoms with E-state index in [1.54, 1.807) is 18.2 Å². The smallest absolute Gasteiger partial charge is 0.317 e. The number of benzene rings is 2. The number of carboxylic acids is 1. The van der Waals surface area contributed by atoms with Gasteiger partial charge in [-0.05, 0) is 48.2 Å². The number of carbonyl (C=O) groups excluding carboxylic acids is 1. The summed E-state index contributed by atoms with van der Waals surface area (Å²) in [6, 6.07) is 12.9. The van der Waals surface area contributed by atoms with Gasteiger partial charge >= 0.3 is 5.97 Å². The van der Waals surface area contributed by atoms with E-state index in [-0.39, 0.29) is 35.4 Å². The number of ether oxygens (including phenoxy) is 1. The molecule has 1 heterocycles. The van der Waals surface area contributed by atoms with Gasteiger partial charge in [0.2, 0.25) is 0 Å². The number of rotatable bonds is 6. The Hall–Kier alpha value is -3.08. The topological polar surface area (TPSA) is 93.9 Å². The minimum atomic E-state index is -0.821. The Morgan fingerprint density at radius 2 is 1.76 bits per heavy atom. The molecule has 1 aliphatic carbocycles. The van der Waals surface area contributed by atoms with Gasteiger partial charge in [0, 0.05) is 48.6 Å². The molecule has 0 saturated heterocycles. The van der Waals surface area contributed by atoms with Crippen molar-refractivity contribution in [3.63, 3.8) is 0 Å². The lowest BCUT2D eigenvalue weighted by Crippen LogP contribution is -2.74. The number of amides is 1. The molecule has 2 aromatic rings. The van der Waals surface area contributed by atoms with Crippen molar-refractivity contribution < 1.29 is 19.4 Å². The number of fused-ring (bicyclic) bond motifs is 1. The average Bonchev–Trinajstić information content (AvgIpc) is 3.03. The predicted octanol–water partition coefficient (Wildman–Crippen LogP) is 4.65. The van der Waals surface area contributed by atoms with E-state index in [2.05, 4.69) is 33.8 Å². The minimum absolute atomic E-state index is 0.0340. The van der Waals surface area contributed by atoms with E-state index < -0.39 is 5.97 Å². The molecule has 1 N–H and O–H groups in total. The van der Waals surface area contributed by atoms with Gasteiger partial charge in [0.1, 0.15) is 17.9 Å². The summed E-state index contributed by atoms with van der Waals surface area (Å²) in [6.45, 7) is 9.82. The second-order valence-electron chi connectivity index (χ2n) is 11.4. The standard InChI is InChI=1S/C29H34ClN3O4/c1-28(2)26(29(3,4)27(28)37-22-9-8-21(16-31)23(30)15-22)32(5)25(36)20-7-6-18-10-12-33(17-24(34)35)13-11-19(18)14-20/h6-9,14-15,26-27H,10-13,17H2,1-5H3,(H,34,35). The zero-order chi connectivity index (χ0) is 27.1. The molecule has 0 bridgehead atoms. The van der Waals surface area contributed by atoms with Gasteiger partial charge in [-0.15, -0.1) is 0 Å². The fourth-order valence-corrected chi connectivity index (χ4v) is 6.99. The second kappa shape index (κ2) is 10.00. The van der Waals surface area contributed by atoms with Crippen LogP contribution in [0, 0.1) is 22.2 Å². The van der Waals surface area contributed by atoms with Gasteiger partial charge < -0.3 is 14.7 Å². The SMILES string of the molecule is CN(C(=O)c1ccc2c(c1)CCN(CC(=O)O)CC2)C1C(C)(C)C(Oc2ccc(C#N)c(Cl)c2)C1(C)C. The summed E-state index contributed by atoms with van der Waals surface area (Å²) >= 11 is 6.21. The third-order valence-electron chi connectivity index (χ3n) is 7.99. The van der Waals surface area contributed by atoms with Crippen LogP contribution >= 0.6 is 11.6 Å². The minimum Gasteiger partial charge on any atom is -0.489 e. The fourth-order valence-electron chi connectivity index (χ4n) is 6.78. The molecule has 1 saturated carbocycles. The molecule has 2 aromatic carbocycles. The van der Waals surface area contributed by atoms with Gasteiger partial charge in [-0.2, -0.15) is 5.26 Å². The number of nitriles is 1. The predicted molar refractivity (Wildman–Crippen MR) is 142 cm³/mol. The lowest BCUT2D eigenvalue weighted by atomic mass is 9.49. The Kier molecular flexibility index (Phi) is 7.29. The number of hydrogen-bond donors (Lipinski definition) is 1. The molecule has 1 amide bonds. The molecule has 7 nitrogen and oxygen atoms in total. The Bertz CT molecular complexity index is 1250. The highest BCUT2D eigenvalue weighted by Gasteiger charge is 2.65. The molecule has 0 radical (unpaired) electrons. The fraction of sp³-hybridized carbons (Fsp3) is 0.483. The number of carboxylic acid groups (broad SMARTS) is 1. The van der Waals surface area contributed by atoms with Gasteiger partial charge in [-0.25, -0.2) is 0 Å². The Morgan fingerprint density at radius 3 is 2.35 bits per heavy atom.